The second kappa shape index (κ2) is 13.0. The summed E-state index contributed by atoms with van der Waals surface area (Å²) in [5.74, 6) is -1.75. The highest BCUT2D eigenvalue weighted by molar-refractivity contribution is 5.76. The lowest BCUT2D eigenvalue weighted by molar-refractivity contribution is -0.171. The van der Waals surface area contributed by atoms with E-state index in [4.69, 9.17) is 14.6 Å². The molecule has 2 heterocycles. The van der Waals surface area contributed by atoms with Gasteiger partial charge in [0, 0.05) is 24.8 Å². The van der Waals surface area contributed by atoms with Crippen molar-refractivity contribution in [3.8, 4) is 0 Å². The average Bonchev–Trinajstić information content (AvgIpc) is 3.03. The van der Waals surface area contributed by atoms with Crippen LogP contribution in [0.15, 0.2) is 107 Å². The number of nitrogens with one attached hydrogen (secondary N) is 1. The maximum Gasteiger partial charge on any atom is 0.330 e. The van der Waals surface area contributed by atoms with Gasteiger partial charge >= 0.3 is 17.6 Å². The Morgan fingerprint density at radius 1 is 0.884 bits per heavy atom. The zero-order chi connectivity index (χ0) is 30.4. The lowest BCUT2D eigenvalue weighted by Gasteiger charge is -2.50. The highest BCUT2D eigenvalue weighted by Gasteiger charge is 2.46. The van der Waals surface area contributed by atoms with Gasteiger partial charge in [0.15, 0.2) is 6.23 Å². The predicted octanol–water partition coefficient (Wildman–Crippen LogP) is 3.44. The molecule has 1 aliphatic heterocycles. The number of benzene rings is 3. The van der Waals surface area contributed by atoms with Crippen molar-refractivity contribution in [3.63, 3.8) is 0 Å². The minimum Gasteiger partial charge on any atom is -0.481 e. The fraction of sp³-hybridized carbons (Fsp3) is 0.273. The molecule has 0 amide bonds. The first-order chi connectivity index (χ1) is 20.8. The minimum atomic E-state index is -1.09. The summed E-state index contributed by atoms with van der Waals surface area (Å²) in [5, 5.41) is 8.96. The molecule has 5 rings (SSSR count). The monoisotopic (exact) mass is 583 g/mol. The molecule has 0 bridgehead atoms. The number of aryl methyl sites for hydroxylation is 1. The van der Waals surface area contributed by atoms with Gasteiger partial charge in [-0.1, -0.05) is 91.0 Å². The molecule has 1 aliphatic rings. The molecule has 0 unspecified atom stereocenters. The van der Waals surface area contributed by atoms with Crippen molar-refractivity contribution in [2.75, 3.05) is 19.7 Å². The van der Waals surface area contributed by atoms with Crippen molar-refractivity contribution < 1.29 is 24.2 Å². The smallest absolute Gasteiger partial charge is 0.330 e. The number of H-pyrrole nitrogens is 1. The number of hydrogen-bond acceptors (Lipinski definition) is 7. The number of aromatic nitrogens is 2. The Balaban J connectivity index is 1.64. The van der Waals surface area contributed by atoms with Gasteiger partial charge in [-0.05, 0) is 23.6 Å². The van der Waals surface area contributed by atoms with Crippen molar-refractivity contribution >= 4 is 11.9 Å². The van der Waals surface area contributed by atoms with E-state index in [1.807, 2.05) is 54.6 Å². The molecule has 1 saturated heterocycles. The molecule has 0 saturated carbocycles. The molecule has 0 radical (unpaired) electrons. The summed E-state index contributed by atoms with van der Waals surface area (Å²) in [7, 11) is 0. The number of carboxylic acid groups (broad SMARTS) is 1. The third kappa shape index (κ3) is 6.35. The number of hydrogen-bond donors (Lipinski definition) is 2. The first kappa shape index (κ1) is 29.7. The first-order valence-electron chi connectivity index (χ1n) is 14.1. The maximum absolute atomic E-state index is 13.0. The Bertz CT molecular complexity index is 1570. The number of rotatable bonds is 10. The van der Waals surface area contributed by atoms with E-state index in [1.165, 1.54) is 10.8 Å². The Labute approximate surface area is 248 Å². The van der Waals surface area contributed by atoms with Gasteiger partial charge in [-0.25, -0.2) is 4.79 Å². The molecule has 1 fully saturated rings. The second-order valence-corrected chi connectivity index (χ2v) is 10.5. The molecule has 3 aromatic carbocycles. The minimum absolute atomic E-state index is 0.156. The van der Waals surface area contributed by atoms with Crippen LogP contribution in [-0.4, -0.2) is 57.3 Å². The van der Waals surface area contributed by atoms with E-state index >= 15 is 0 Å². The highest BCUT2D eigenvalue weighted by atomic mass is 16.6. The number of carboxylic acids is 1. The average molecular weight is 584 g/mol. The summed E-state index contributed by atoms with van der Waals surface area (Å²) < 4.78 is 13.2. The largest absolute Gasteiger partial charge is 0.481 e. The molecule has 2 N–H and O–H groups in total. The number of morpholine rings is 1. The fourth-order valence-corrected chi connectivity index (χ4v) is 5.69. The Morgan fingerprint density at radius 2 is 1.42 bits per heavy atom. The standard InChI is InChI=1S/C33H33N3O7/c1-23-19-36(32(41)34-31(23)40)28-21-35(20-27(43-28)22-42-30(39)18-17-29(37)38)33(24-11-5-2-6-12-24,25-13-7-3-8-14-25)26-15-9-4-10-16-26/h2-16,19,27-28H,17-18,20-22H2,1H3,(H,37,38)(H,34,40,41)/t27-,28+/m0/s1. The number of carbonyl (C=O) groups is 2. The number of nitrogens with zero attached hydrogens (tertiary/aromatic N) is 2. The molecule has 43 heavy (non-hydrogen) atoms. The van der Waals surface area contributed by atoms with Crippen LogP contribution < -0.4 is 11.2 Å². The maximum atomic E-state index is 13.0. The van der Waals surface area contributed by atoms with Crippen LogP contribution in [0.25, 0.3) is 0 Å². The van der Waals surface area contributed by atoms with E-state index in [0.717, 1.165) is 16.7 Å². The number of esters is 1. The quantitative estimate of drug-likeness (QED) is 0.215. The van der Waals surface area contributed by atoms with Gasteiger partial charge in [0.2, 0.25) is 0 Å². The fourth-order valence-electron chi connectivity index (χ4n) is 5.69. The molecule has 2 atom stereocenters. The van der Waals surface area contributed by atoms with E-state index in [-0.39, 0.29) is 26.0 Å². The van der Waals surface area contributed by atoms with Crippen LogP contribution >= 0.6 is 0 Å². The Kier molecular flexibility index (Phi) is 8.98. The summed E-state index contributed by atoms with van der Waals surface area (Å²) in [5.41, 5.74) is 1.34. The lowest BCUT2D eigenvalue weighted by Crippen LogP contribution is -2.58. The zero-order valence-corrected chi connectivity index (χ0v) is 23.7. The summed E-state index contributed by atoms with van der Waals surface area (Å²) in [6, 6.07) is 30.1. The van der Waals surface area contributed by atoms with Crippen molar-refractivity contribution in [3.05, 3.63) is 140 Å². The summed E-state index contributed by atoms with van der Waals surface area (Å²) in [6.07, 6.45) is -0.683. The molecule has 4 aromatic rings. The van der Waals surface area contributed by atoms with Crippen LogP contribution in [0.3, 0.4) is 0 Å². The molecule has 10 heteroatoms. The summed E-state index contributed by atoms with van der Waals surface area (Å²) >= 11 is 0. The van der Waals surface area contributed by atoms with E-state index in [9.17, 15) is 19.2 Å². The van der Waals surface area contributed by atoms with E-state index in [2.05, 4.69) is 46.3 Å². The molecule has 1 aromatic heterocycles. The van der Waals surface area contributed by atoms with Gasteiger partial charge in [-0.3, -0.25) is 28.8 Å². The third-order valence-corrected chi connectivity index (χ3v) is 7.63. The van der Waals surface area contributed by atoms with Crippen LogP contribution in [0.4, 0.5) is 0 Å². The molecular formula is C33H33N3O7. The Morgan fingerprint density at radius 3 is 1.93 bits per heavy atom. The molecule has 0 aliphatic carbocycles. The van der Waals surface area contributed by atoms with Crippen molar-refractivity contribution in [2.45, 2.75) is 37.6 Å². The van der Waals surface area contributed by atoms with Crippen molar-refractivity contribution in [1.29, 1.82) is 0 Å². The van der Waals surface area contributed by atoms with Crippen molar-refractivity contribution in [1.82, 2.24) is 14.5 Å². The molecule has 0 spiro atoms. The predicted molar refractivity (Wildman–Crippen MR) is 159 cm³/mol. The van der Waals surface area contributed by atoms with Gasteiger partial charge in [0.05, 0.1) is 18.4 Å². The topological polar surface area (TPSA) is 131 Å². The van der Waals surface area contributed by atoms with Crippen LogP contribution in [0.1, 0.15) is 41.3 Å². The van der Waals surface area contributed by atoms with Gasteiger partial charge in [-0.2, -0.15) is 0 Å². The number of ether oxygens (including phenoxy) is 2. The number of aromatic amines is 1. The number of carbonyl (C=O) groups excluding carboxylic acids is 1. The highest BCUT2D eigenvalue weighted by Crippen LogP contribution is 2.44. The van der Waals surface area contributed by atoms with Gasteiger partial charge < -0.3 is 14.6 Å². The zero-order valence-electron chi connectivity index (χ0n) is 23.7. The van der Waals surface area contributed by atoms with Crippen LogP contribution in [-0.2, 0) is 24.6 Å². The number of aliphatic carboxylic acids is 1. The molecule has 10 nitrogen and oxygen atoms in total. The van der Waals surface area contributed by atoms with Crippen LogP contribution in [0.2, 0.25) is 0 Å². The SMILES string of the molecule is Cc1cn([C@H]2CN(C(c3ccccc3)(c3ccccc3)c3ccccc3)C[C@@H](COC(=O)CCC(=O)O)O2)c(=O)[nH]c1=O. The second-order valence-electron chi connectivity index (χ2n) is 10.5. The van der Waals surface area contributed by atoms with Gasteiger partial charge in [-0.15, -0.1) is 0 Å². The van der Waals surface area contributed by atoms with Crippen LogP contribution in [0.5, 0.6) is 0 Å². The third-order valence-electron chi connectivity index (χ3n) is 7.63. The normalized spacial score (nSPS) is 17.3. The Hall–Kier alpha value is -4.80. The summed E-state index contributed by atoms with van der Waals surface area (Å²) in [4.78, 5) is 53.1. The first-order valence-corrected chi connectivity index (χ1v) is 14.1. The van der Waals surface area contributed by atoms with Crippen molar-refractivity contribution in [2.24, 2.45) is 0 Å². The summed E-state index contributed by atoms with van der Waals surface area (Å²) in [6.45, 7) is 2.00. The lowest BCUT2D eigenvalue weighted by atomic mass is 9.75. The van der Waals surface area contributed by atoms with E-state index in [0.29, 0.717) is 12.1 Å². The van der Waals surface area contributed by atoms with E-state index < -0.39 is 41.1 Å². The van der Waals surface area contributed by atoms with Crippen LogP contribution in [0, 0.1) is 6.92 Å². The van der Waals surface area contributed by atoms with Gasteiger partial charge in [0.1, 0.15) is 12.7 Å². The molecular weight excluding hydrogens is 550 g/mol. The van der Waals surface area contributed by atoms with Gasteiger partial charge in [0.25, 0.3) is 5.56 Å². The molecule has 222 valence electrons. The van der Waals surface area contributed by atoms with E-state index in [1.54, 1.807) is 6.92 Å².